The first-order valence-corrected chi connectivity index (χ1v) is 6.36. The molecule has 0 aliphatic rings. The molecule has 0 unspecified atom stereocenters. The molecule has 0 saturated carbocycles. The van der Waals surface area contributed by atoms with Crippen LogP contribution in [0.3, 0.4) is 0 Å². The van der Waals surface area contributed by atoms with Crippen LogP contribution in [0.2, 0.25) is 0 Å². The molecular formula is C16H19NO2. The van der Waals surface area contributed by atoms with Crippen LogP contribution in [0.4, 0.5) is 0 Å². The zero-order valence-electron chi connectivity index (χ0n) is 11.1. The summed E-state index contributed by atoms with van der Waals surface area (Å²) in [6, 6.07) is 15.9. The normalized spacial score (nSPS) is 10.2. The summed E-state index contributed by atoms with van der Waals surface area (Å²) in [6.07, 6.45) is 0.872. The molecule has 2 aromatic rings. The van der Waals surface area contributed by atoms with Crippen LogP contribution in [0.1, 0.15) is 11.1 Å². The van der Waals surface area contributed by atoms with Crippen LogP contribution in [0.5, 0.6) is 11.5 Å². The van der Waals surface area contributed by atoms with Crippen LogP contribution in [0.15, 0.2) is 48.5 Å². The third-order valence-electron chi connectivity index (χ3n) is 2.95. The Morgan fingerprint density at radius 1 is 0.947 bits per heavy atom. The third-order valence-corrected chi connectivity index (χ3v) is 2.95. The number of rotatable bonds is 6. The predicted octanol–water partition coefficient (Wildman–Crippen LogP) is 2.78. The Hall–Kier alpha value is -2.00. The first-order chi connectivity index (χ1) is 9.31. The van der Waals surface area contributed by atoms with Gasteiger partial charge in [0, 0.05) is 13.0 Å². The lowest BCUT2D eigenvalue weighted by Gasteiger charge is -2.08. The summed E-state index contributed by atoms with van der Waals surface area (Å²) in [5, 5.41) is 0. The predicted molar refractivity (Wildman–Crippen MR) is 76.5 cm³/mol. The second kappa shape index (κ2) is 6.81. The number of hydrogen-bond acceptors (Lipinski definition) is 3. The monoisotopic (exact) mass is 257 g/mol. The van der Waals surface area contributed by atoms with Gasteiger partial charge in [0.05, 0.1) is 13.7 Å². The van der Waals surface area contributed by atoms with Gasteiger partial charge in [0.2, 0.25) is 0 Å². The van der Waals surface area contributed by atoms with Gasteiger partial charge < -0.3 is 15.2 Å². The molecule has 2 aromatic carbocycles. The van der Waals surface area contributed by atoms with Crippen molar-refractivity contribution in [3.63, 3.8) is 0 Å². The van der Waals surface area contributed by atoms with E-state index in [1.54, 1.807) is 7.11 Å². The fourth-order valence-corrected chi connectivity index (χ4v) is 1.84. The minimum atomic E-state index is 0.537. The van der Waals surface area contributed by atoms with Crippen molar-refractivity contribution in [3.8, 4) is 11.5 Å². The third kappa shape index (κ3) is 4.00. The smallest absolute Gasteiger partial charge is 0.119 e. The van der Waals surface area contributed by atoms with E-state index in [2.05, 4.69) is 12.1 Å². The van der Waals surface area contributed by atoms with E-state index in [4.69, 9.17) is 15.2 Å². The Balaban J connectivity index is 1.85. The number of nitrogens with two attached hydrogens (primary N) is 1. The molecule has 0 aliphatic heterocycles. The highest BCUT2D eigenvalue weighted by Gasteiger charge is 1.98. The summed E-state index contributed by atoms with van der Waals surface area (Å²) in [5.41, 5.74) is 7.92. The molecular weight excluding hydrogens is 238 g/mol. The van der Waals surface area contributed by atoms with Crippen molar-refractivity contribution in [2.45, 2.75) is 13.0 Å². The summed E-state index contributed by atoms with van der Waals surface area (Å²) in [7, 11) is 1.67. The number of hydrogen-bond donors (Lipinski definition) is 1. The summed E-state index contributed by atoms with van der Waals surface area (Å²) in [6.45, 7) is 1.19. The van der Waals surface area contributed by atoms with E-state index in [1.807, 2.05) is 36.4 Å². The lowest BCUT2D eigenvalue weighted by atomic mass is 10.1. The molecule has 0 spiro atoms. The lowest BCUT2D eigenvalue weighted by Crippen LogP contribution is -2.02. The largest absolute Gasteiger partial charge is 0.497 e. The molecule has 0 amide bonds. The van der Waals surface area contributed by atoms with Crippen molar-refractivity contribution in [2.75, 3.05) is 13.7 Å². The summed E-state index contributed by atoms with van der Waals surface area (Å²) in [5.74, 6) is 1.75. The SMILES string of the molecule is COc1ccc(CCOc2cccc(CN)c2)cc1. The van der Waals surface area contributed by atoms with Gasteiger partial charge in [-0.2, -0.15) is 0 Å². The maximum absolute atomic E-state index is 5.72. The topological polar surface area (TPSA) is 44.5 Å². The zero-order chi connectivity index (χ0) is 13.5. The minimum absolute atomic E-state index is 0.537. The van der Waals surface area contributed by atoms with Crippen molar-refractivity contribution in [1.29, 1.82) is 0 Å². The summed E-state index contributed by atoms with van der Waals surface area (Å²) < 4.78 is 10.8. The molecule has 0 bridgehead atoms. The second-order valence-electron chi connectivity index (χ2n) is 4.30. The van der Waals surface area contributed by atoms with E-state index in [-0.39, 0.29) is 0 Å². The average molecular weight is 257 g/mol. The molecule has 100 valence electrons. The molecule has 0 aliphatic carbocycles. The molecule has 0 heterocycles. The van der Waals surface area contributed by atoms with Crippen LogP contribution >= 0.6 is 0 Å². The van der Waals surface area contributed by atoms with E-state index < -0.39 is 0 Å². The zero-order valence-corrected chi connectivity index (χ0v) is 11.1. The van der Waals surface area contributed by atoms with E-state index in [0.717, 1.165) is 23.5 Å². The van der Waals surface area contributed by atoms with E-state index in [9.17, 15) is 0 Å². The van der Waals surface area contributed by atoms with Gasteiger partial charge in [-0.3, -0.25) is 0 Å². The first-order valence-electron chi connectivity index (χ1n) is 6.36. The molecule has 2 N–H and O–H groups in total. The van der Waals surface area contributed by atoms with Gasteiger partial charge >= 0.3 is 0 Å². The Labute approximate surface area is 114 Å². The summed E-state index contributed by atoms with van der Waals surface area (Å²) >= 11 is 0. The van der Waals surface area contributed by atoms with Crippen molar-refractivity contribution >= 4 is 0 Å². The average Bonchev–Trinajstić information content (AvgIpc) is 2.48. The van der Waals surface area contributed by atoms with Gasteiger partial charge in [-0.1, -0.05) is 24.3 Å². The maximum Gasteiger partial charge on any atom is 0.119 e. The highest BCUT2D eigenvalue weighted by molar-refractivity contribution is 5.29. The second-order valence-corrected chi connectivity index (χ2v) is 4.30. The highest BCUT2D eigenvalue weighted by Crippen LogP contribution is 2.15. The fraction of sp³-hybridized carbons (Fsp3) is 0.250. The van der Waals surface area contributed by atoms with Crippen molar-refractivity contribution in [3.05, 3.63) is 59.7 Å². The standard InChI is InChI=1S/C16H19NO2/c1-18-15-7-5-13(6-8-15)9-10-19-16-4-2-3-14(11-16)12-17/h2-8,11H,9-10,12,17H2,1H3. The van der Waals surface area contributed by atoms with E-state index in [0.29, 0.717) is 13.2 Å². The van der Waals surface area contributed by atoms with Gasteiger partial charge in [0.1, 0.15) is 11.5 Å². The molecule has 0 atom stereocenters. The highest BCUT2D eigenvalue weighted by atomic mass is 16.5. The van der Waals surface area contributed by atoms with Crippen LogP contribution in [0.25, 0.3) is 0 Å². The summed E-state index contributed by atoms with van der Waals surface area (Å²) in [4.78, 5) is 0. The van der Waals surface area contributed by atoms with Crippen LogP contribution < -0.4 is 15.2 Å². The number of benzene rings is 2. The van der Waals surface area contributed by atoms with E-state index >= 15 is 0 Å². The Bertz CT molecular complexity index is 508. The van der Waals surface area contributed by atoms with Crippen molar-refractivity contribution in [1.82, 2.24) is 0 Å². The van der Waals surface area contributed by atoms with E-state index in [1.165, 1.54) is 5.56 Å². The van der Waals surface area contributed by atoms with Crippen molar-refractivity contribution in [2.24, 2.45) is 5.73 Å². The Morgan fingerprint density at radius 2 is 1.74 bits per heavy atom. The fourth-order valence-electron chi connectivity index (χ4n) is 1.84. The van der Waals surface area contributed by atoms with Crippen molar-refractivity contribution < 1.29 is 9.47 Å². The molecule has 2 rings (SSSR count). The van der Waals surface area contributed by atoms with Gasteiger partial charge in [0.25, 0.3) is 0 Å². The molecule has 3 nitrogen and oxygen atoms in total. The first kappa shape index (κ1) is 13.4. The lowest BCUT2D eigenvalue weighted by molar-refractivity contribution is 0.321. The molecule has 19 heavy (non-hydrogen) atoms. The van der Waals surface area contributed by atoms with Gasteiger partial charge in [0.15, 0.2) is 0 Å². The Morgan fingerprint density at radius 3 is 2.42 bits per heavy atom. The molecule has 0 fully saturated rings. The Kier molecular flexibility index (Phi) is 4.81. The minimum Gasteiger partial charge on any atom is -0.497 e. The molecule has 0 radical (unpaired) electrons. The molecule has 0 saturated heterocycles. The van der Waals surface area contributed by atoms with Crippen LogP contribution in [-0.2, 0) is 13.0 Å². The number of ether oxygens (including phenoxy) is 2. The van der Waals surface area contributed by atoms with Gasteiger partial charge in [-0.15, -0.1) is 0 Å². The van der Waals surface area contributed by atoms with Gasteiger partial charge in [-0.05, 0) is 35.4 Å². The van der Waals surface area contributed by atoms with Crippen LogP contribution in [-0.4, -0.2) is 13.7 Å². The quantitative estimate of drug-likeness (QED) is 0.865. The molecule has 3 heteroatoms. The van der Waals surface area contributed by atoms with Crippen LogP contribution in [0, 0.1) is 0 Å². The van der Waals surface area contributed by atoms with Gasteiger partial charge in [-0.25, -0.2) is 0 Å². The molecule has 0 aromatic heterocycles. The number of methoxy groups -OCH3 is 1. The maximum atomic E-state index is 5.72.